The zero-order valence-electron chi connectivity index (χ0n) is 7.89. The van der Waals surface area contributed by atoms with E-state index in [4.69, 9.17) is 4.55 Å². The van der Waals surface area contributed by atoms with Gasteiger partial charge in [0, 0.05) is 5.75 Å². The van der Waals surface area contributed by atoms with E-state index in [2.05, 4.69) is 4.18 Å². The molecule has 0 bridgehead atoms. The van der Waals surface area contributed by atoms with Gasteiger partial charge < -0.3 is 0 Å². The van der Waals surface area contributed by atoms with Gasteiger partial charge in [-0.2, -0.15) is 8.42 Å². The molecule has 0 aliphatic rings. The average molecular weight is 284 g/mol. The number of thiol groups is 2. The zero-order chi connectivity index (χ0) is 12.6. The summed E-state index contributed by atoms with van der Waals surface area (Å²) in [6.45, 7) is 2.59. The van der Waals surface area contributed by atoms with Crippen LogP contribution in [0.15, 0.2) is 0 Å². The van der Waals surface area contributed by atoms with E-state index in [1.165, 1.54) is 0 Å². The fourth-order valence-corrected chi connectivity index (χ4v) is 1.17. The van der Waals surface area contributed by atoms with Gasteiger partial charge >= 0.3 is 10.4 Å². The predicted molar refractivity (Wildman–Crippen MR) is 53.3 cm³/mol. The van der Waals surface area contributed by atoms with Gasteiger partial charge in [-0.1, -0.05) is 6.92 Å². The molecule has 0 saturated heterocycles. The van der Waals surface area contributed by atoms with E-state index < -0.39 is 37.2 Å². The van der Waals surface area contributed by atoms with Crippen LogP contribution in [0.1, 0.15) is 13.8 Å². The fourth-order valence-electron chi connectivity index (χ4n) is 0.211. The minimum Gasteiger partial charge on any atom is -0.263 e. The van der Waals surface area contributed by atoms with E-state index in [-0.39, 0.29) is 5.75 Å². The SMILES string of the molecule is CC(OS(=O)(=O)O)[SH](=O)=O.CC[SH](=O)=O. The summed E-state index contributed by atoms with van der Waals surface area (Å²) in [5, 5.41) is 0. The third kappa shape index (κ3) is 16.4. The molecule has 0 radical (unpaired) electrons. The van der Waals surface area contributed by atoms with E-state index >= 15 is 0 Å². The van der Waals surface area contributed by atoms with Crippen LogP contribution in [0, 0.1) is 0 Å². The molecule has 1 atom stereocenters. The predicted octanol–water partition coefficient (Wildman–Crippen LogP) is -1.62. The molecule has 94 valence electrons. The standard InChI is InChI=1S/C2H6O6S2.C2H6O2S/c1-2(9(3)4)8-10(5,6)7;1-2-5(3)4/h2,9H,1H3,(H,5,6,7);5H,2H2,1H3. The van der Waals surface area contributed by atoms with Crippen molar-refractivity contribution in [2.75, 3.05) is 5.75 Å². The Morgan fingerprint density at radius 3 is 1.67 bits per heavy atom. The van der Waals surface area contributed by atoms with Gasteiger partial charge in [0.05, 0.1) is 0 Å². The molecule has 0 aromatic rings. The molecule has 0 saturated carbocycles. The largest absolute Gasteiger partial charge is 0.398 e. The van der Waals surface area contributed by atoms with Crippen LogP contribution in [-0.2, 0) is 36.0 Å². The third-order valence-electron chi connectivity index (χ3n) is 0.816. The van der Waals surface area contributed by atoms with Crippen LogP contribution in [0.4, 0.5) is 0 Å². The Hall–Kier alpha value is -0.230. The molecule has 11 heteroatoms. The highest BCUT2D eigenvalue weighted by atomic mass is 32.3. The minimum absolute atomic E-state index is 0.259. The first-order valence-corrected chi connectivity index (χ1v) is 7.48. The summed E-state index contributed by atoms with van der Waals surface area (Å²) < 4.78 is 69.8. The Balaban J connectivity index is 0. The van der Waals surface area contributed by atoms with Crippen LogP contribution >= 0.6 is 0 Å². The van der Waals surface area contributed by atoms with E-state index in [0.717, 1.165) is 6.92 Å². The van der Waals surface area contributed by atoms with Gasteiger partial charge in [-0.3, -0.25) is 4.55 Å². The third-order valence-corrected chi connectivity index (χ3v) is 2.71. The van der Waals surface area contributed by atoms with Crippen LogP contribution in [0.3, 0.4) is 0 Å². The van der Waals surface area contributed by atoms with Gasteiger partial charge in [0.1, 0.15) is 10.7 Å². The molecule has 0 aliphatic carbocycles. The number of hydrogen-bond donors (Lipinski definition) is 3. The molecule has 0 amide bonds. The van der Waals surface area contributed by atoms with Crippen LogP contribution in [0.2, 0.25) is 0 Å². The van der Waals surface area contributed by atoms with Gasteiger partial charge in [-0.25, -0.2) is 21.0 Å². The topological polar surface area (TPSA) is 132 Å². The number of rotatable bonds is 4. The molecule has 0 fully saturated rings. The summed E-state index contributed by atoms with van der Waals surface area (Å²) in [4.78, 5) is 0. The maximum absolute atomic E-state index is 9.91. The lowest BCUT2D eigenvalue weighted by Crippen LogP contribution is -2.15. The van der Waals surface area contributed by atoms with Crippen molar-refractivity contribution in [3.05, 3.63) is 0 Å². The van der Waals surface area contributed by atoms with Crippen molar-refractivity contribution in [1.29, 1.82) is 0 Å². The first-order chi connectivity index (χ1) is 6.60. The molecule has 0 aromatic carbocycles. The Morgan fingerprint density at radius 2 is 1.60 bits per heavy atom. The fraction of sp³-hybridized carbons (Fsp3) is 1.00. The highest BCUT2D eigenvalue weighted by molar-refractivity contribution is 7.82. The van der Waals surface area contributed by atoms with Crippen LogP contribution in [0.25, 0.3) is 0 Å². The van der Waals surface area contributed by atoms with Gasteiger partial charge in [0.2, 0.25) is 0 Å². The molecular weight excluding hydrogens is 272 g/mol. The van der Waals surface area contributed by atoms with Crippen molar-refractivity contribution in [1.82, 2.24) is 0 Å². The summed E-state index contributed by atoms with van der Waals surface area (Å²) in [6, 6.07) is 0. The first kappa shape index (κ1) is 17.2. The van der Waals surface area contributed by atoms with Gasteiger partial charge in [0.25, 0.3) is 0 Å². The maximum atomic E-state index is 9.91. The Morgan fingerprint density at radius 1 is 1.27 bits per heavy atom. The highest BCUT2D eigenvalue weighted by Crippen LogP contribution is 1.95. The Bertz CT molecular complexity index is 386. The number of hydrogen-bond acceptors (Lipinski definition) is 7. The van der Waals surface area contributed by atoms with E-state index in [0.29, 0.717) is 0 Å². The van der Waals surface area contributed by atoms with E-state index in [9.17, 15) is 25.3 Å². The van der Waals surface area contributed by atoms with Gasteiger partial charge in [-0.05, 0) is 6.92 Å². The molecule has 0 rings (SSSR count). The smallest absolute Gasteiger partial charge is 0.263 e. The van der Waals surface area contributed by atoms with Crippen LogP contribution < -0.4 is 0 Å². The molecule has 0 spiro atoms. The molecule has 0 aliphatic heterocycles. The summed E-state index contributed by atoms with van der Waals surface area (Å²) in [5.41, 5.74) is -1.52. The van der Waals surface area contributed by atoms with E-state index in [1.54, 1.807) is 6.92 Å². The second kappa shape index (κ2) is 7.98. The second-order valence-corrected chi connectivity index (χ2v) is 5.70. The summed E-state index contributed by atoms with van der Waals surface area (Å²) >= 11 is 0. The van der Waals surface area contributed by atoms with Crippen molar-refractivity contribution < 1.29 is 34.0 Å². The molecule has 1 unspecified atom stereocenters. The molecular formula is C4H12O8S3. The molecule has 15 heavy (non-hydrogen) atoms. The minimum atomic E-state index is -4.65. The Labute approximate surface area is 91.1 Å². The lowest BCUT2D eigenvalue weighted by Gasteiger charge is -1.99. The lowest BCUT2D eigenvalue weighted by molar-refractivity contribution is 0.254. The summed E-state index contributed by atoms with van der Waals surface area (Å²) in [7, 11) is -9.74. The second-order valence-electron chi connectivity index (χ2n) is 2.06. The van der Waals surface area contributed by atoms with E-state index in [1.807, 2.05) is 0 Å². The normalized spacial score (nSPS) is 13.4. The molecule has 8 nitrogen and oxygen atoms in total. The average Bonchev–Trinajstić information content (AvgIpc) is 2.02. The summed E-state index contributed by atoms with van der Waals surface area (Å²) in [5.74, 6) is 0.259. The highest BCUT2D eigenvalue weighted by Gasteiger charge is 2.13. The zero-order valence-corrected chi connectivity index (χ0v) is 10.5. The van der Waals surface area contributed by atoms with Crippen molar-refractivity contribution >= 4 is 31.8 Å². The molecule has 0 heterocycles. The van der Waals surface area contributed by atoms with Crippen molar-refractivity contribution in [2.24, 2.45) is 0 Å². The molecule has 0 aromatic heterocycles. The monoisotopic (exact) mass is 284 g/mol. The van der Waals surface area contributed by atoms with Gasteiger partial charge in [0.15, 0.2) is 16.1 Å². The van der Waals surface area contributed by atoms with Crippen molar-refractivity contribution in [3.8, 4) is 0 Å². The summed E-state index contributed by atoms with van der Waals surface area (Å²) in [6.07, 6.45) is 0. The van der Waals surface area contributed by atoms with Crippen molar-refractivity contribution in [2.45, 2.75) is 19.3 Å². The lowest BCUT2D eigenvalue weighted by atomic mass is 10.9. The van der Waals surface area contributed by atoms with Crippen molar-refractivity contribution in [3.63, 3.8) is 0 Å². The molecule has 1 N–H and O–H groups in total. The maximum Gasteiger partial charge on any atom is 0.398 e. The van der Waals surface area contributed by atoms with Gasteiger partial charge in [-0.15, -0.1) is 0 Å². The van der Waals surface area contributed by atoms with Crippen LogP contribution in [-0.4, -0.2) is 41.0 Å². The Kier molecular flexibility index (Phi) is 9.14. The first-order valence-electron chi connectivity index (χ1n) is 3.51. The van der Waals surface area contributed by atoms with Crippen LogP contribution in [0.5, 0.6) is 0 Å². The quantitative estimate of drug-likeness (QED) is 0.414.